The predicted octanol–water partition coefficient (Wildman–Crippen LogP) is 4.16. The summed E-state index contributed by atoms with van der Waals surface area (Å²) in [6, 6.07) is 18.8. The van der Waals surface area contributed by atoms with Crippen LogP contribution in [0.2, 0.25) is 0 Å². The van der Waals surface area contributed by atoms with Gasteiger partial charge in [0.2, 0.25) is 0 Å². The summed E-state index contributed by atoms with van der Waals surface area (Å²) >= 11 is 0. The molecule has 1 aromatic heterocycles. The number of nitrogens with one attached hydrogen (secondary N) is 1. The summed E-state index contributed by atoms with van der Waals surface area (Å²) in [4.78, 5) is 4.47. The van der Waals surface area contributed by atoms with E-state index in [9.17, 15) is 0 Å². The maximum absolute atomic E-state index is 4.47. The van der Waals surface area contributed by atoms with Crippen LogP contribution in [0.1, 0.15) is 11.1 Å². The summed E-state index contributed by atoms with van der Waals surface area (Å²) in [6.45, 7) is 2.89. The first kappa shape index (κ1) is 11.7. The van der Waals surface area contributed by atoms with Crippen LogP contribution in [-0.4, -0.2) is 4.98 Å². The van der Waals surface area contributed by atoms with Gasteiger partial charge in [0, 0.05) is 23.8 Å². The molecule has 0 amide bonds. The van der Waals surface area contributed by atoms with Gasteiger partial charge in [-0.1, -0.05) is 36.4 Å². The minimum Gasteiger partial charge on any atom is -0.381 e. The predicted molar refractivity (Wildman–Crippen MR) is 80.2 cm³/mol. The Hall–Kier alpha value is -2.35. The second kappa shape index (κ2) is 5.11. The molecule has 2 nitrogen and oxygen atoms in total. The van der Waals surface area contributed by atoms with Gasteiger partial charge in [-0.2, -0.15) is 0 Å². The zero-order chi connectivity index (χ0) is 13.1. The zero-order valence-electron chi connectivity index (χ0n) is 10.9. The minimum atomic E-state index is 0.789. The normalized spacial score (nSPS) is 10.6. The van der Waals surface area contributed by atoms with Gasteiger partial charge in [0.15, 0.2) is 0 Å². The standard InChI is InChI=1S/C17H16N2/c1-13-5-2-9-16(11-13)19-12-15-7-3-6-14-8-4-10-18-17(14)15/h2-11,19H,12H2,1H3. The van der Waals surface area contributed by atoms with Crippen molar-refractivity contribution >= 4 is 16.6 Å². The van der Waals surface area contributed by atoms with Crippen molar-refractivity contribution in [2.24, 2.45) is 0 Å². The van der Waals surface area contributed by atoms with Gasteiger partial charge in [0.05, 0.1) is 5.52 Å². The van der Waals surface area contributed by atoms with E-state index in [4.69, 9.17) is 0 Å². The molecule has 0 aliphatic carbocycles. The van der Waals surface area contributed by atoms with Crippen molar-refractivity contribution in [1.82, 2.24) is 4.98 Å². The molecule has 0 bridgehead atoms. The van der Waals surface area contributed by atoms with Crippen LogP contribution in [0.25, 0.3) is 10.9 Å². The number of anilines is 1. The van der Waals surface area contributed by atoms with Gasteiger partial charge in [0.1, 0.15) is 0 Å². The summed E-state index contributed by atoms with van der Waals surface area (Å²) in [5.41, 5.74) is 4.71. The average molecular weight is 248 g/mol. The van der Waals surface area contributed by atoms with Crippen molar-refractivity contribution < 1.29 is 0 Å². The van der Waals surface area contributed by atoms with Crippen LogP contribution in [0.15, 0.2) is 60.8 Å². The van der Waals surface area contributed by atoms with Crippen molar-refractivity contribution in [2.75, 3.05) is 5.32 Å². The fraction of sp³-hybridized carbons (Fsp3) is 0.118. The topological polar surface area (TPSA) is 24.9 Å². The maximum Gasteiger partial charge on any atom is 0.0751 e. The summed E-state index contributed by atoms with van der Waals surface area (Å²) in [5, 5.41) is 4.64. The third-order valence-corrected chi connectivity index (χ3v) is 3.22. The third kappa shape index (κ3) is 2.58. The Morgan fingerprint density at radius 2 is 1.84 bits per heavy atom. The van der Waals surface area contributed by atoms with E-state index in [0.717, 1.165) is 17.7 Å². The fourth-order valence-corrected chi connectivity index (χ4v) is 2.26. The number of fused-ring (bicyclic) bond motifs is 1. The van der Waals surface area contributed by atoms with Crippen molar-refractivity contribution in [3.05, 3.63) is 71.9 Å². The van der Waals surface area contributed by atoms with E-state index in [0.29, 0.717) is 0 Å². The number of aromatic nitrogens is 1. The highest BCUT2D eigenvalue weighted by Crippen LogP contribution is 2.18. The third-order valence-electron chi connectivity index (χ3n) is 3.22. The molecule has 0 spiro atoms. The van der Waals surface area contributed by atoms with E-state index in [1.54, 1.807) is 0 Å². The molecule has 94 valence electrons. The first-order chi connectivity index (χ1) is 9.33. The Balaban J connectivity index is 1.86. The van der Waals surface area contributed by atoms with Crippen LogP contribution < -0.4 is 5.32 Å². The SMILES string of the molecule is Cc1cccc(NCc2cccc3cccnc23)c1. The highest BCUT2D eigenvalue weighted by molar-refractivity contribution is 5.81. The van der Waals surface area contributed by atoms with Crippen LogP contribution in [-0.2, 0) is 6.54 Å². The maximum atomic E-state index is 4.47. The highest BCUT2D eigenvalue weighted by Gasteiger charge is 2.01. The van der Waals surface area contributed by atoms with Crippen molar-refractivity contribution in [3.8, 4) is 0 Å². The van der Waals surface area contributed by atoms with E-state index >= 15 is 0 Å². The van der Waals surface area contributed by atoms with Crippen LogP contribution in [0.3, 0.4) is 0 Å². The molecule has 0 fully saturated rings. The van der Waals surface area contributed by atoms with E-state index in [2.05, 4.69) is 65.8 Å². The molecule has 0 radical (unpaired) electrons. The van der Waals surface area contributed by atoms with E-state index < -0.39 is 0 Å². The Morgan fingerprint density at radius 1 is 1.00 bits per heavy atom. The second-order valence-corrected chi connectivity index (χ2v) is 4.72. The molecule has 0 saturated carbocycles. The molecule has 0 aliphatic rings. The molecule has 0 unspecified atom stereocenters. The molecular weight excluding hydrogens is 232 g/mol. The number of rotatable bonds is 3. The lowest BCUT2D eigenvalue weighted by Gasteiger charge is -2.09. The Labute approximate surface area is 113 Å². The monoisotopic (exact) mass is 248 g/mol. The van der Waals surface area contributed by atoms with Crippen LogP contribution in [0, 0.1) is 6.92 Å². The Kier molecular flexibility index (Phi) is 3.15. The lowest BCUT2D eigenvalue weighted by molar-refractivity contribution is 1.15. The molecule has 0 aliphatic heterocycles. The molecule has 0 atom stereocenters. The van der Waals surface area contributed by atoms with Gasteiger partial charge < -0.3 is 5.32 Å². The molecule has 19 heavy (non-hydrogen) atoms. The molecular formula is C17H16N2. The van der Waals surface area contributed by atoms with Crippen molar-refractivity contribution in [2.45, 2.75) is 13.5 Å². The van der Waals surface area contributed by atoms with E-state index in [1.165, 1.54) is 16.5 Å². The molecule has 2 aromatic carbocycles. The van der Waals surface area contributed by atoms with Crippen molar-refractivity contribution in [1.29, 1.82) is 0 Å². The summed E-state index contributed by atoms with van der Waals surface area (Å²) in [6.07, 6.45) is 1.85. The molecule has 1 N–H and O–H groups in total. The fourth-order valence-electron chi connectivity index (χ4n) is 2.26. The first-order valence-electron chi connectivity index (χ1n) is 6.46. The number of hydrogen-bond donors (Lipinski definition) is 1. The Bertz CT molecular complexity index is 699. The Morgan fingerprint density at radius 3 is 2.74 bits per heavy atom. The van der Waals surface area contributed by atoms with E-state index in [-0.39, 0.29) is 0 Å². The summed E-state index contributed by atoms with van der Waals surface area (Å²) in [7, 11) is 0. The molecule has 0 saturated heterocycles. The van der Waals surface area contributed by atoms with Gasteiger partial charge in [-0.05, 0) is 36.2 Å². The second-order valence-electron chi connectivity index (χ2n) is 4.72. The largest absolute Gasteiger partial charge is 0.381 e. The van der Waals surface area contributed by atoms with Crippen LogP contribution in [0.4, 0.5) is 5.69 Å². The van der Waals surface area contributed by atoms with Gasteiger partial charge in [0.25, 0.3) is 0 Å². The number of hydrogen-bond acceptors (Lipinski definition) is 2. The van der Waals surface area contributed by atoms with Crippen molar-refractivity contribution in [3.63, 3.8) is 0 Å². The van der Waals surface area contributed by atoms with Gasteiger partial charge >= 0.3 is 0 Å². The van der Waals surface area contributed by atoms with Gasteiger partial charge in [-0.25, -0.2) is 0 Å². The number of pyridine rings is 1. The number of para-hydroxylation sites is 1. The summed E-state index contributed by atoms with van der Waals surface area (Å²) in [5.74, 6) is 0. The number of benzene rings is 2. The number of nitrogens with zero attached hydrogens (tertiary/aromatic N) is 1. The van der Waals surface area contributed by atoms with Crippen LogP contribution >= 0.6 is 0 Å². The van der Waals surface area contributed by atoms with Gasteiger partial charge in [-0.15, -0.1) is 0 Å². The molecule has 3 aromatic rings. The average Bonchev–Trinajstić information content (AvgIpc) is 2.45. The molecule has 2 heteroatoms. The lowest BCUT2D eigenvalue weighted by Crippen LogP contribution is -2.00. The minimum absolute atomic E-state index is 0.789. The quantitative estimate of drug-likeness (QED) is 0.753. The lowest BCUT2D eigenvalue weighted by atomic mass is 10.1. The number of aryl methyl sites for hydroxylation is 1. The highest BCUT2D eigenvalue weighted by atomic mass is 14.9. The molecule has 1 heterocycles. The zero-order valence-corrected chi connectivity index (χ0v) is 10.9. The van der Waals surface area contributed by atoms with E-state index in [1.807, 2.05) is 12.3 Å². The summed E-state index contributed by atoms with van der Waals surface area (Å²) < 4.78 is 0. The van der Waals surface area contributed by atoms with Crippen LogP contribution in [0.5, 0.6) is 0 Å². The first-order valence-corrected chi connectivity index (χ1v) is 6.46. The molecule has 3 rings (SSSR count). The van der Waals surface area contributed by atoms with Gasteiger partial charge in [-0.3, -0.25) is 4.98 Å². The smallest absolute Gasteiger partial charge is 0.0751 e.